The number of fused-ring (bicyclic) bond motifs is 2. The molecule has 2 heterocycles. The van der Waals surface area contributed by atoms with Crippen LogP contribution in [0.15, 0.2) is 58.3 Å². The molecule has 20 heavy (non-hydrogen) atoms. The number of thioether (sulfide) groups is 2. The molecule has 0 N–H and O–H groups in total. The maximum atomic E-state index is 2.49. The minimum Gasteiger partial charge on any atom is -0.359 e. The van der Waals surface area contributed by atoms with Gasteiger partial charge in [0.15, 0.2) is 0 Å². The van der Waals surface area contributed by atoms with Crippen LogP contribution in [0.3, 0.4) is 0 Å². The van der Waals surface area contributed by atoms with Crippen molar-refractivity contribution < 1.29 is 0 Å². The lowest BCUT2D eigenvalue weighted by Gasteiger charge is -2.24. The van der Waals surface area contributed by atoms with Crippen molar-refractivity contribution >= 4 is 34.9 Å². The fourth-order valence-corrected chi connectivity index (χ4v) is 4.89. The Kier molecular flexibility index (Phi) is 3.28. The molecule has 0 saturated heterocycles. The fourth-order valence-electron chi connectivity index (χ4n) is 2.73. The van der Waals surface area contributed by atoms with Gasteiger partial charge in [0.05, 0.1) is 23.1 Å². The van der Waals surface area contributed by atoms with Crippen LogP contribution >= 0.6 is 23.5 Å². The number of para-hydroxylation sites is 2. The van der Waals surface area contributed by atoms with Crippen molar-refractivity contribution in [2.45, 2.75) is 9.79 Å². The highest BCUT2D eigenvalue weighted by Gasteiger charge is 2.22. The Bertz CT molecular complexity index is 574. The molecule has 4 heteroatoms. The minimum absolute atomic E-state index is 1.09. The molecule has 0 amide bonds. The lowest BCUT2D eigenvalue weighted by atomic mass is 10.3. The summed E-state index contributed by atoms with van der Waals surface area (Å²) in [4.78, 5) is 7.82. The molecule has 2 aromatic rings. The minimum atomic E-state index is 1.09. The monoisotopic (exact) mass is 300 g/mol. The molecular formula is C16H16N2S2. The van der Waals surface area contributed by atoms with Crippen molar-refractivity contribution in [3.05, 3.63) is 48.5 Å². The van der Waals surface area contributed by atoms with E-state index in [0.717, 1.165) is 24.8 Å². The molecule has 0 unspecified atom stereocenters. The smallest absolute Gasteiger partial charge is 0.0687 e. The maximum Gasteiger partial charge on any atom is 0.0687 e. The molecule has 0 radical (unpaired) electrons. The zero-order chi connectivity index (χ0) is 13.4. The third-order valence-electron chi connectivity index (χ3n) is 3.80. The third-order valence-corrected chi connectivity index (χ3v) is 6.00. The number of rotatable bonds is 3. The Morgan fingerprint density at radius 3 is 1.65 bits per heavy atom. The number of hydrogen-bond acceptors (Lipinski definition) is 4. The van der Waals surface area contributed by atoms with Gasteiger partial charge in [0, 0.05) is 22.9 Å². The second kappa shape index (κ2) is 5.26. The van der Waals surface area contributed by atoms with Crippen LogP contribution in [0.5, 0.6) is 0 Å². The normalized spacial score (nSPS) is 16.4. The predicted octanol–water partition coefficient (Wildman–Crippen LogP) is 4.13. The van der Waals surface area contributed by atoms with E-state index in [9.17, 15) is 0 Å². The first-order valence-corrected chi connectivity index (χ1v) is 8.82. The molecule has 0 spiro atoms. The van der Waals surface area contributed by atoms with E-state index in [1.54, 1.807) is 0 Å². The van der Waals surface area contributed by atoms with E-state index in [0.29, 0.717) is 0 Å². The van der Waals surface area contributed by atoms with Crippen molar-refractivity contribution in [3.63, 3.8) is 0 Å². The molecule has 2 aromatic carbocycles. The van der Waals surface area contributed by atoms with E-state index >= 15 is 0 Å². The van der Waals surface area contributed by atoms with Crippen LogP contribution in [0.2, 0.25) is 0 Å². The van der Waals surface area contributed by atoms with Gasteiger partial charge in [-0.2, -0.15) is 0 Å². The van der Waals surface area contributed by atoms with Crippen LogP contribution in [0.25, 0.3) is 0 Å². The van der Waals surface area contributed by atoms with E-state index in [1.807, 2.05) is 23.5 Å². The third kappa shape index (κ3) is 2.17. The van der Waals surface area contributed by atoms with Crippen molar-refractivity contribution in [3.8, 4) is 0 Å². The van der Waals surface area contributed by atoms with E-state index < -0.39 is 0 Å². The van der Waals surface area contributed by atoms with Gasteiger partial charge < -0.3 is 9.80 Å². The molecule has 0 fully saturated rings. The van der Waals surface area contributed by atoms with Gasteiger partial charge in [-0.3, -0.25) is 0 Å². The van der Waals surface area contributed by atoms with Crippen molar-refractivity contribution in [1.82, 2.24) is 0 Å². The van der Waals surface area contributed by atoms with Gasteiger partial charge in [0.1, 0.15) is 0 Å². The Hall–Kier alpha value is -1.26. The number of benzene rings is 2. The highest BCUT2D eigenvalue weighted by Crippen LogP contribution is 2.40. The van der Waals surface area contributed by atoms with Gasteiger partial charge >= 0.3 is 0 Å². The number of nitrogens with zero attached hydrogens (tertiary/aromatic N) is 2. The lowest BCUT2D eigenvalue weighted by Crippen LogP contribution is -2.32. The van der Waals surface area contributed by atoms with Crippen LogP contribution in [0.4, 0.5) is 11.4 Å². The summed E-state index contributed by atoms with van der Waals surface area (Å²) in [6, 6.07) is 17.5. The molecule has 0 aliphatic carbocycles. The van der Waals surface area contributed by atoms with Gasteiger partial charge in [-0.15, -0.1) is 23.5 Å². The Balaban J connectivity index is 1.45. The van der Waals surface area contributed by atoms with Crippen molar-refractivity contribution in [1.29, 1.82) is 0 Å². The van der Waals surface area contributed by atoms with Crippen LogP contribution in [0.1, 0.15) is 0 Å². The molecule has 4 rings (SSSR count). The first kappa shape index (κ1) is 12.5. The molecule has 2 aliphatic rings. The summed E-state index contributed by atoms with van der Waals surface area (Å²) in [6.45, 7) is 2.19. The van der Waals surface area contributed by atoms with Gasteiger partial charge in [-0.1, -0.05) is 24.3 Å². The molecule has 102 valence electrons. The SMILES string of the molecule is c1ccc2c(c1)SCN2CCN1CSc2ccccc21. The van der Waals surface area contributed by atoms with E-state index in [1.165, 1.54) is 21.2 Å². The summed E-state index contributed by atoms with van der Waals surface area (Å²) in [6.07, 6.45) is 0. The van der Waals surface area contributed by atoms with Crippen molar-refractivity contribution in [2.75, 3.05) is 34.6 Å². The zero-order valence-corrected chi connectivity index (χ0v) is 12.8. The van der Waals surface area contributed by atoms with Gasteiger partial charge in [-0.05, 0) is 24.3 Å². The standard InChI is InChI=1S/C16H16N2S2/c1-3-7-15-13(5-1)17(11-19-15)9-10-18-12-20-16-8-4-2-6-14(16)18/h1-8H,9-12H2. The van der Waals surface area contributed by atoms with Gasteiger partial charge in [0.2, 0.25) is 0 Å². The second-order valence-corrected chi connectivity index (χ2v) is 6.98. The highest BCUT2D eigenvalue weighted by molar-refractivity contribution is 8.00. The quantitative estimate of drug-likeness (QED) is 0.840. The van der Waals surface area contributed by atoms with Gasteiger partial charge in [0.25, 0.3) is 0 Å². The van der Waals surface area contributed by atoms with Crippen LogP contribution in [-0.2, 0) is 0 Å². The number of hydrogen-bond donors (Lipinski definition) is 0. The van der Waals surface area contributed by atoms with Crippen LogP contribution in [0, 0.1) is 0 Å². The fraction of sp³-hybridized carbons (Fsp3) is 0.250. The molecule has 0 bridgehead atoms. The molecule has 0 atom stereocenters. The summed E-state index contributed by atoms with van der Waals surface area (Å²) < 4.78 is 0. The topological polar surface area (TPSA) is 6.48 Å². The predicted molar refractivity (Wildman–Crippen MR) is 89.0 cm³/mol. The first-order valence-electron chi connectivity index (χ1n) is 6.85. The molecule has 0 saturated carbocycles. The van der Waals surface area contributed by atoms with E-state index in [2.05, 4.69) is 58.3 Å². The first-order chi connectivity index (χ1) is 9.92. The van der Waals surface area contributed by atoms with E-state index in [4.69, 9.17) is 0 Å². The molecular weight excluding hydrogens is 284 g/mol. The molecule has 0 aromatic heterocycles. The van der Waals surface area contributed by atoms with Gasteiger partial charge in [-0.25, -0.2) is 0 Å². The van der Waals surface area contributed by atoms with E-state index in [-0.39, 0.29) is 0 Å². The maximum absolute atomic E-state index is 2.49. The highest BCUT2D eigenvalue weighted by atomic mass is 32.2. The number of anilines is 2. The van der Waals surface area contributed by atoms with Crippen LogP contribution < -0.4 is 9.80 Å². The zero-order valence-electron chi connectivity index (χ0n) is 11.2. The summed E-state index contributed by atoms with van der Waals surface area (Å²) >= 11 is 3.89. The summed E-state index contributed by atoms with van der Waals surface area (Å²) in [5, 5.41) is 0. The average Bonchev–Trinajstić information content (AvgIpc) is 3.09. The summed E-state index contributed by atoms with van der Waals surface area (Å²) in [5.74, 6) is 2.17. The van der Waals surface area contributed by atoms with Crippen molar-refractivity contribution in [2.24, 2.45) is 0 Å². The van der Waals surface area contributed by atoms with Crippen LogP contribution in [-0.4, -0.2) is 24.8 Å². The Labute approximate surface area is 128 Å². The molecule has 2 aliphatic heterocycles. The summed E-state index contributed by atoms with van der Waals surface area (Å²) in [5.41, 5.74) is 2.80. The second-order valence-electron chi connectivity index (χ2n) is 5.01. The lowest BCUT2D eigenvalue weighted by molar-refractivity contribution is 0.819. The molecule has 2 nitrogen and oxygen atoms in total. The Morgan fingerprint density at radius 1 is 0.700 bits per heavy atom. The Morgan fingerprint density at radius 2 is 1.15 bits per heavy atom. The average molecular weight is 300 g/mol. The largest absolute Gasteiger partial charge is 0.359 e. The summed E-state index contributed by atoms with van der Waals surface area (Å²) in [7, 11) is 0.